The Kier molecular flexibility index (Phi) is 7.86. The molecule has 46 heavy (non-hydrogen) atoms. The van der Waals surface area contributed by atoms with Crippen LogP contribution in [-0.4, -0.2) is 33.0 Å². The van der Waals surface area contributed by atoms with E-state index in [0.717, 1.165) is 39.0 Å². The molecule has 0 fully saturated rings. The van der Waals surface area contributed by atoms with Gasteiger partial charge in [-0.15, -0.1) is 0 Å². The Hall–Kier alpha value is -4.89. The van der Waals surface area contributed by atoms with Crippen LogP contribution in [0, 0.1) is 6.57 Å². The lowest BCUT2D eigenvalue weighted by atomic mass is 9.76. The van der Waals surface area contributed by atoms with Crippen LogP contribution in [0.2, 0.25) is 0 Å². The molecule has 5 heteroatoms. The highest BCUT2D eigenvalue weighted by molar-refractivity contribution is 6.08. The van der Waals surface area contributed by atoms with Gasteiger partial charge in [0.15, 0.2) is 11.3 Å². The topological polar surface area (TPSA) is 41.3 Å². The summed E-state index contributed by atoms with van der Waals surface area (Å²) >= 11 is 0. The summed E-state index contributed by atoms with van der Waals surface area (Å²) in [6.45, 7) is 17.0. The van der Waals surface area contributed by atoms with Gasteiger partial charge in [0.2, 0.25) is 0 Å². The van der Waals surface area contributed by atoms with E-state index in [1.54, 1.807) is 0 Å². The van der Waals surface area contributed by atoms with Crippen LogP contribution < -0.4 is 9.47 Å². The summed E-state index contributed by atoms with van der Waals surface area (Å²) in [5, 5.41) is 2.23. The SMILES string of the molecule is [C-]#[N+]c1ccc2c(c1)C(C)(C)c1c3c(c4ccccc4c1-2)OC(c1ccccc1)(c1ccc(OCCOCCOCC)cc1)C=C3. The fraction of sp³-hybridized carbons (Fsp3) is 0.244. The van der Waals surface area contributed by atoms with Gasteiger partial charge in [0, 0.05) is 34.1 Å². The average Bonchev–Trinajstić information content (AvgIpc) is 3.34. The van der Waals surface area contributed by atoms with Crippen LogP contribution in [0.25, 0.3) is 32.8 Å². The zero-order valence-corrected chi connectivity index (χ0v) is 26.5. The normalized spacial score (nSPS) is 17.1. The number of rotatable bonds is 10. The van der Waals surface area contributed by atoms with E-state index >= 15 is 0 Å². The lowest BCUT2D eigenvalue weighted by Crippen LogP contribution is -2.35. The molecule has 7 rings (SSSR count). The maximum atomic E-state index is 7.65. The number of benzene rings is 5. The van der Waals surface area contributed by atoms with Crippen molar-refractivity contribution in [3.05, 3.63) is 142 Å². The van der Waals surface area contributed by atoms with Crippen molar-refractivity contribution in [3.63, 3.8) is 0 Å². The van der Waals surface area contributed by atoms with E-state index in [-0.39, 0.29) is 5.41 Å². The molecule has 1 heterocycles. The van der Waals surface area contributed by atoms with E-state index in [1.807, 2.05) is 31.2 Å². The minimum absolute atomic E-state index is 0.314. The molecule has 1 aliphatic heterocycles. The van der Waals surface area contributed by atoms with Crippen molar-refractivity contribution in [1.29, 1.82) is 0 Å². The first kappa shape index (κ1) is 29.8. The molecular formula is C41H37NO4. The molecule has 0 radical (unpaired) electrons. The van der Waals surface area contributed by atoms with Crippen LogP contribution in [0.15, 0.2) is 103 Å². The number of ether oxygens (including phenoxy) is 4. The van der Waals surface area contributed by atoms with E-state index < -0.39 is 5.60 Å². The summed E-state index contributed by atoms with van der Waals surface area (Å²) in [6, 6.07) is 33.2. The van der Waals surface area contributed by atoms with E-state index in [2.05, 4.69) is 104 Å². The minimum atomic E-state index is -0.848. The van der Waals surface area contributed by atoms with Crippen molar-refractivity contribution in [2.45, 2.75) is 31.8 Å². The maximum Gasteiger partial charge on any atom is 0.187 e. The average molecular weight is 608 g/mol. The number of nitrogens with zero attached hydrogens (tertiary/aromatic N) is 1. The molecule has 0 saturated carbocycles. The van der Waals surface area contributed by atoms with Crippen molar-refractivity contribution in [3.8, 4) is 22.6 Å². The molecule has 0 spiro atoms. The predicted octanol–water partition coefficient (Wildman–Crippen LogP) is 9.48. The van der Waals surface area contributed by atoms with Gasteiger partial charge in [-0.3, -0.25) is 0 Å². The zero-order chi connectivity index (χ0) is 31.7. The lowest BCUT2D eigenvalue weighted by molar-refractivity contribution is 0.0405. The van der Waals surface area contributed by atoms with Crippen molar-refractivity contribution in [2.75, 3.05) is 33.0 Å². The first-order chi connectivity index (χ1) is 22.5. The molecule has 230 valence electrons. The number of hydrogen-bond acceptors (Lipinski definition) is 4. The Balaban J connectivity index is 1.30. The second kappa shape index (κ2) is 12.1. The van der Waals surface area contributed by atoms with Crippen LogP contribution in [0.1, 0.15) is 48.6 Å². The minimum Gasteiger partial charge on any atom is -0.491 e. The van der Waals surface area contributed by atoms with Crippen molar-refractivity contribution < 1.29 is 18.9 Å². The molecule has 5 nitrogen and oxygen atoms in total. The maximum absolute atomic E-state index is 7.65. The summed E-state index contributed by atoms with van der Waals surface area (Å²) in [5.41, 5.74) is 7.48. The van der Waals surface area contributed by atoms with Crippen LogP contribution in [-0.2, 0) is 20.5 Å². The Morgan fingerprint density at radius 2 is 1.46 bits per heavy atom. The van der Waals surface area contributed by atoms with E-state index in [0.29, 0.717) is 38.7 Å². The Bertz CT molecular complexity index is 1970. The molecule has 1 unspecified atom stereocenters. The molecule has 2 aliphatic rings. The summed E-state index contributed by atoms with van der Waals surface area (Å²) in [5.74, 6) is 1.65. The first-order valence-corrected chi connectivity index (χ1v) is 15.9. The highest BCUT2D eigenvalue weighted by Crippen LogP contribution is 2.58. The molecule has 1 aliphatic carbocycles. The standard InChI is InChI=1S/C41H37NO4/c1-5-43-23-24-44-25-26-45-31-18-15-29(16-19-31)41(28-11-7-6-8-12-28)22-21-35-38-37(32-13-9-10-14-33(32)39(35)46-41)34-20-17-30(42-4)27-36(34)40(38,2)3/h6-22,27H,5,23-26H2,1-3H3. The monoisotopic (exact) mass is 607 g/mol. The van der Waals surface area contributed by atoms with Crippen LogP contribution in [0.5, 0.6) is 11.5 Å². The van der Waals surface area contributed by atoms with Gasteiger partial charge in [0.1, 0.15) is 18.1 Å². The summed E-state index contributed by atoms with van der Waals surface area (Å²) < 4.78 is 24.3. The number of hydrogen-bond donors (Lipinski definition) is 0. The third-order valence-electron chi connectivity index (χ3n) is 9.21. The molecule has 5 aromatic rings. The van der Waals surface area contributed by atoms with E-state index in [4.69, 9.17) is 25.5 Å². The molecular weight excluding hydrogens is 570 g/mol. The first-order valence-electron chi connectivity index (χ1n) is 15.9. The zero-order valence-electron chi connectivity index (χ0n) is 26.5. The largest absolute Gasteiger partial charge is 0.491 e. The van der Waals surface area contributed by atoms with Crippen molar-refractivity contribution >= 4 is 22.5 Å². The summed E-state index contributed by atoms with van der Waals surface area (Å²) in [7, 11) is 0. The highest BCUT2D eigenvalue weighted by atomic mass is 16.5. The van der Waals surface area contributed by atoms with Crippen molar-refractivity contribution in [1.82, 2.24) is 0 Å². The Labute approximate surface area is 270 Å². The van der Waals surface area contributed by atoms with Gasteiger partial charge in [-0.2, -0.15) is 0 Å². The molecule has 0 N–H and O–H groups in total. The van der Waals surface area contributed by atoms with Gasteiger partial charge in [0.05, 0.1) is 26.4 Å². The van der Waals surface area contributed by atoms with Crippen LogP contribution in [0.3, 0.4) is 0 Å². The van der Waals surface area contributed by atoms with Crippen LogP contribution >= 0.6 is 0 Å². The Morgan fingerprint density at radius 3 is 2.22 bits per heavy atom. The number of fused-ring (bicyclic) bond motifs is 8. The summed E-state index contributed by atoms with van der Waals surface area (Å²) in [4.78, 5) is 3.74. The van der Waals surface area contributed by atoms with Gasteiger partial charge < -0.3 is 18.9 Å². The second-order valence-corrected chi connectivity index (χ2v) is 12.2. The van der Waals surface area contributed by atoms with Crippen molar-refractivity contribution in [2.24, 2.45) is 0 Å². The van der Waals surface area contributed by atoms with Gasteiger partial charge >= 0.3 is 0 Å². The second-order valence-electron chi connectivity index (χ2n) is 12.2. The lowest BCUT2D eigenvalue weighted by Gasteiger charge is -2.38. The third kappa shape index (κ3) is 4.95. The smallest absolute Gasteiger partial charge is 0.187 e. The molecule has 0 aromatic heterocycles. The molecule has 0 saturated heterocycles. The molecule has 1 atom stereocenters. The van der Waals surface area contributed by atoms with Gasteiger partial charge in [-0.25, -0.2) is 4.85 Å². The summed E-state index contributed by atoms with van der Waals surface area (Å²) in [6.07, 6.45) is 4.45. The van der Waals surface area contributed by atoms with Crippen LogP contribution in [0.4, 0.5) is 5.69 Å². The van der Waals surface area contributed by atoms with Gasteiger partial charge in [0.25, 0.3) is 0 Å². The fourth-order valence-electron chi connectivity index (χ4n) is 7.04. The molecule has 5 aromatic carbocycles. The van der Waals surface area contributed by atoms with Gasteiger partial charge in [-0.1, -0.05) is 105 Å². The predicted molar refractivity (Wildman–Crippen MR) is 184 cm³/mol. The van der Waals surface area contributed by atoms with E-state index in [1.165, 1.54) is 22.3 Å². The Morgan fingerprint density at radius 1 is 0.761 bits per heavy atom. The highest BCUT2D eigenvalue weighted by Gasteiger charge is 2.44. The quantitative estimate of drug-likeness (QED) is 0.117. The molecule has 0 bridgehead atoms. The van der Waals surface area contributed by atoms with Gasteiger partial charge in [-0.05, 0) is 52.8 Å². The third-order valence-corrected chi connectivity index (χ3v) is 9.21. The van der Waals surface area contributed by atoms with E-state index in [9.17, 15) is 0 Å². The molecule has 0 amide bonds. The fourth-order valence-corrected chi connectivity index (χ4v) is 7.04.